The molecule has 3 rings (SSSR count). The maximum absolute atomic E-state index is 12.9. The summed E-state index contributed by atoms with van der Waals surface area (Å²) < 4.78 is 5.60. The predicted octanol–water partition coefficient (Wildman–Crippen LogP) is 4.56. The Morgan fingerprint density at radius 1 is 0.941 bits per heavy atom. The fourth-order valence-corrected chi connectivity index (χ4v) is 4.25. The van der Waals surface area contributed by atoms with Crippen LogP contribution in [0.2, 0.25) is 0 Å². The lowest BCUT2D eigenvalue weighted by Crippen LogP contribution is -2.51. The fourth-order valence-electron chi connectivity index (χ4n) is 4.25. The van der Waals surface area contributed by atoms with E-state index in [4.69, 9.17) is 4.74 Å². The quantitative estimate of drug-likeness (QED) is 0.476. The van der Waals surface area contributed by atoms with Gasteiger partial charge in [-0.3, -0.25) is 9.59 Å². The monoisotopic (exact) mass is 466 g/mol. The first kappa shape index (κ1) is 25.3. The van der Waals surface area contributed by atoms with E-state index in [9.17, 15) is 19.5 Å². The number of rotatable bonds is 10. The van der Waals surface area contributed by atoms with Crippen molar-refractivity contribution in [3.05, 3.63) is 59.7 Å². The van der Waals surface area contributed by atoms with Crippen molar-refractivity contribution in [1.29, 1.82) is 0 Å². The minimum Gasteiger partial charge on any atom is -0.481 e. The Balaban J connectivity index is 1.67. The molecule has 3 N–H and O–H groups in total. The van der Waals surface area contributed by atoms with Gasteiger partial charge in [0.15, 0.2) is 0 Å². The molecule has 0 saturated heterocycles. The number of hydrogen-bond donors (Lipinski definition) is 3. The molecule has 2 aromatic carbocycles. The molecule has 2 aromatic rings. The highest BCUT2D eigenvalue weighted by Gasteiger charge is 2.31. The average molecular weight is 467 g/mol. The fraction of sp³-hybridized carbons (Fsp3) is 0.444. The summed E-state index contributed by atoms with van der Waals surface area (Å²) in [5.74, 6) is -2.03. The Bertz CT molecular complexity index is 992. The molecule has 0 heterocycles. The lowest BCUT2D eigenvalue weighted by molar-refractivity contribution is -0.142. The lowest BCUT2D eigenvalue weighted by atomic mass is 9.97. The van der Waals surface area contributed by atoms with Crippen molar-refractivity contribution in [2.45, 2.75) is 58.5 Å². The van der Waals surface area contributed by atoms with Crippen LogP contribution in [0.3, 0.4) is 0 Å². The van der Waals surface area contributed by atoms with Crippen LogP contribution < -0.4 is 10.6 Å². The number of carbonyl (C=O) groups is 3. The second-order valence-corrected chi connectivity index (χ2v) is 9.20. The maximum atomic E-state index is 12.9. The van der Waals surface area contributed by atoms with Crippen molar-refractivity contribution in [3.8, 4) is 11.1 Å². The van der Waals surface area contributed by atoms with Gasteiger partial charge in [0, 0.05) is 12.0 Å². The van der Waals surface area contributed by atoms with Crippen molar-refractivity contribution in [2.24, 2.45) is 11.8 Å². The highest BCUT2D eigenvalue weighted by Crippen LogP contribution is 2.44. The Morgan fingerprint density at radius 3 is 2.03 bits per heavy atom. The molecule has 4 atom stereocenters. The molecule has 7 heteroatoms. The van der Waals surface area contributed by atoms with Crippen molar-refractivity contribution >= 4 is 18.0 Å². The third-order valence-electron chi connectivity index (χ3n) is 6.80. The van der Waals surface area contributed by atoms with E-state index in [0.29, 0.717) is 6.42 Å². The topological polar surface area (TPSA) is 105 Å². The molecular formula is C27H34N2O5. The maximum Gasteiger partial charge on any atom is 0.407 e. The SMILES string of the molecule is CCC(C)CC(NC(=O)OCC1c2ccccc2-c2ccccc21)C(=O)NC(C)C(C)C(=O)O. The first-order valence-corrected chi connectivity index (χ1v) is 11.9. The predicted molar refractivity (Wildman–Crippen MR) is 130 cm³/mol. The number of carboxylic acids is 1. The van der Waals surface area contributed by atoms with E-state index in [1.54, 1.807) is 6.92 Å². The first-order chi connectivity index (χ1) is 16.2. The van der Waals surface area contributed by atoms with Crippen molar-refractivity contribution in [1.82, 2.24) is 10.6 Å². The molecule has 7 nitrogen and oxygen atoms in total. The molecule has 34 heavy (non-hydrogen) atoms. The zero-order valence-corrected chi connectivity index (χ0v) is 20.2. The number of fused-ring (bicyclic) bond motifs is 3. The van der Waals surface area contributed by atoms with E-state index in [-0.39, 0.29) is 18.4 Å². The summed E-state index contributed by atoms with van der Waals surface area (Å²) >= 11 is 0. The zero-order chi connectivity index (χ0) is 24.8. The van der Waals surface area contributed by atoms with Crippen molar-refractivity contribution in [3.63, 3.8) is 0 Å². The van der Waals surface area contributed by atoms with Crippen LogP contribution in [0.4, 0.5) is 4.79 Å². The largest absolute Gasteiger partial charge is 0.481 e. The van der Waals surface area contributed by atoms with Gasteiger partial charge < -0.3 is 20.5 Å². The minimum absolute atomic E-state index is 0.0727. The molecule has 4 unspecified atom stereocenters. The first-order valence-electron chi connectivity index (χ1n) is 11.9. The second-order valence-electron chi connectivity index (χ2n) is 9.20. The highest BCUT2D eigenvalue weighted by molar-refractivity contribution is 5.86. The number of ether oxygens (including phenoxy) is 1. The van der Waals surface area contributed by atoms with Crippen LogP contribution in [0.5, 0.6) is 0 Å². The molecule has 0 aromatic heterocycles. The van der Waals surface area contributed by atoms with E-state index < -0.39 is 36.0 Å². The number of amides is 2. The Morgan fingerprint density at radius 2 is 1.50 bits per heavy atom. The number of nitrogens with one attached hydrogen (secondary N) is 2. The van der Waals surface area contributed by atoms with E-state index >= 15 is 0 Å². The van der Waals surface area contributed by atoms with Gasteiger partial charge in [-0.05, 0) is 48.4 Å². The second kappa shape index (κ2) is 11.2. The van der Waals surface area contributed by atoms with Gasteiger partial charge in [0.25, 0.3) is 0 Å². The third-order valence-corrected chi connectivity index (χ3v) is 6.80. The molecular weight excluding hydrogens is 432 g/mol. The van der Waals surface area contributed by atoms with Crippen molar-refractivity contribution in [2.75, 3.05) is 6.61 Å². The van der Waals surface area contributed by atoms with Gasteiger partial charge >= 0.3 is 12.1 Å². The van der Waals surface area contributed by atoms with Crippen LogP contribution in [0, 0.1) is 11.8 Å². The van der Waals surface area contributed by atoms with Crippen LogP contribution in [-0.4, -0.2) is 41.8 Å². The van der Waals surface area contributed by atoms with E-state index in [1.807, 2.05) is 50.2 Å². The molecule has 0 saturated carbocycles. The van der Waals surface area contributed by atoms with Crippen LogP contribution in [0.15, 0.2) is 48.5 Å². The normalized spacial score (nSPS) is 15.9. The van der Waals surface area contributed by atoms with Gasteiger partial charge in [0.1, 0.15) is 12.6 Å². The number of carbonyl (C=O) groups excluding carboxylic acids is 2. The molecule has 0 spiro atoms. The summed E-state index contributed by atoms with van der Waals surface area (Å²) in [6, 6.07) is 14.8. The summed E-state index contributed by atoms with van der Waals surface area (Å²) in [5.41, 5.74) is 4.51. The van der Waals surface area contributed by atoms with E-state index in [1.165, 1.54) is 6.92 Å². The Labute approximate surface area is 200 Å². The minimum atomic E-state index is -0.990. The van der Waals surface area contributed by atoms with Gasteiger partial charge in [-0.1, -0.05) is 68.8 Å². The van der Waals surface area contributed by atoms with Crippen LogP contribution in [-0.2, 0) is 14.3 Å². The third kappa shape index (κ3) is 5.76. The number of hydrogen-bond acceptors (Lipinski definition) is 4. The molecule has 182 valence electrons. The molecule has 1 aliphatic rings. The molecule has 0 radical (unpaired) electrons. The average Bonchev–Trinajstić information content (AvgIpc) is 3.15. The smallest absolute Gasteiger partial charge is 0.407 e. The number of aliphatic carboxylic acids is 1. The van der Waals surface area contributed by atoms with Gasteiger partial charge in [0.2, 0.25) is 5.91 Å². The molecule has 0 aliphatic heterocycles. The lowest BCUT2D eigenvalue weighted by Gasteiger charge is -2.25. The number of carboxylic acid groups (broad SMARTS) is 1. The van der Waals surface area contributed by atoms with Gasteiger partial charge in [-0.15, -0.1) is 0 Å². The Kier molecular flexibility index (Phi) is 8.31. The van der Waals surface area contributed by atoms with Crippen LogP contribution >= 0.6 is 0 Å². The van der Waals surface area contributed by atoms with Crippen molar-refractivity contribution < 1.29 is 24.2 Å². The zero-order valence-electron chi connectivity index (χ0n) is 20.2. The molecule has 2 amide bonds. The summed E-state index contributed by atoms with van der Waals surface area (Å²) in [7, 11) is 0. The van der Waals surface area contributed by atoms with E-state index in [2.05, 4.69) is 22.8 Å². The van der Waals surface area contributed by atoms with Gasteiger partial charge in [-0.2, -0.15) is 0 Å². The Hall–Kier alpha value is -3.35. The summed E-state index contributed by atoms with van der Waals surface area (Å²) in [6.45, 7) is 7.36. The number of alkyl carbamates (subject to hydrolysis) is 1. The molecule has 0 fully saturated rings. The summed E-state index contributed by atoms with van der Waals surface area (Å²) in [5, 5.41) is 14.6. The summed E-state index contributed by atoms with van der Waals surface area (Å²) in [6.07, 6.45) is 0.613. The van der Waals surface area contributed by atoms with Gasteiger partial charge in [0.05, 0.1) is 5.92 Å². The van der Waals surface area contributed by atoms with Crippen LogP contribution in [0.1, 0.15) is 57.6 Å². The highest BCUT2D eigenvalue weighted by atomic mass is 16.5. The van der Waals surface area contributed by atoms with Gasteiger partial charge in [-0.25, -0.2) is 4.79 Å². The molecule has 0 bridgehead atoms. The summed E-state index contributed by atoms with van der Waals surface area (Å²) in [4.78, 5) is 36.8. The number of benzene rings is 2. The molecule has 1 aliphatic carbocycles. The van der Waals surface area contributed by atoms with E-state index in [0.717, 1.165) is 28.7 Å². The standard InChI is InChI=1S/C27H34N2O5/c1-5-16(2)14-24(25(30)28-18(4)17(3)26(31)32)29-27(33)34-15-23-21-12-8-6-10-19(21)20-11-7-9-13-22(20)23/h6-13,16-18,23-24H,5,14-15H2,1-4H3,(H,28,30)(H,29,33)(H,31,32). The van der Waals surface area contributed by atoms with Crippen LogP contribution in [0.25, 0.3) is 11.1 Å².